The molecule has 0 unspecified atom stereocenters. The zero-order valence-corrected chi connectivity index (χ0v) is 10.2. The zero-order chi connectivity index (χ0) is 13.9. The van der Waals surface area contributed by atoms with E-state index >= 15 is 0 Å². The molecule has 6 nitrogen and oxygen atoms in total. The maximum Gasteiger partial charge on any atom is 0.387 e. The second-order valence-electron chi connectivity index (χ2n) is 3.04. The van der Waals surface area contributed by atoms with Crippen LogP contribution in [-0.4, -0.2) is 22.6 Å². The number of carboxylic acid groups (broad SMARTS) is 1. The van der Waals surface area contributed by atoms with Gasteiger partial charge < -0.3 is 9.84 Å². The third-order valence-corrected chi connectivity index (χ3v) is 2.55. The summed E-state index contributed by atoms with van der Waals surface area (Å²) in [6, 6.07) is 1.55. The van der Waals surface area contributed by atoms with Crippen LogP contribution in [0.1, 0.15) is 15.9 Å². The van der Waals surface area contributed by atoms with Crippen molar-refractivity contribution in [3.05, 3.63) is 33.4 Å². The number of hydrogen-bond donors (Lipinski definition) is 1. The van der Waals surface area contributed by atoms with Crippen LogP contribution in [0.25, 0.3) is 0 Å². The highest BCUT2D eigenvalue weighted by Crippen LogP contribution is 2.31. The molecular weight excluding hydrogens is 320 g/mol. The fourth-order valence-corrected chi connectivity index (χ4v) is 1.84. The predicted molar refractivity (Wildman–Crippen MR) is 59.3 cm³/mol. The number of benzene rings is 1. The number of aromatic carboxylic acids is 1. The van der Waals surface area contributed by atoms with Gasteiger partial charge in [0.2, 0.25) is 0 Å². The van der Waals surface area contributed by atoms with Crippen LogP contribution in [0.3, 0.4) is 0 Å². The Balaban J connectivity index is 3.45. The van der Waals surface area contributed by atoms with Gasteiger partial charge in [0.1, 0.15) is 5.75 Å². The van der Waals surface area contributed by atoms with Crippen LogP contribution < -0.4 is 4.74 Å². The van der Waals surface area contributed by atoms with Crippen molar-refractivity contribution < 1.29 is 28.3 Å². The Kier molecular flexibility index (Phi) is 4.54. The van der Waals surface area contributed by atoms with E-state index in [1.54, 1.807) is 0 Å². The van der Waals surface area contributed by atoms with Crippen LogP contribution in [0, 0.1) is 10.1 Å². The molecular formula is C9H6BrF2NO5. The van der Waals surface area contributed by atoms with Crippen LogP contribution in [0.5, 0.6) is 5.75 Å². The molecule has 18 heavy (non-hydrogen) atoms. The molecule has 0 spiro atoms. The van der Waals surface area contributed by atoms with E-state index in [-0.39, 0.29) is 10.9 Å². The Morgan fingerprint density at radius 3 is 2.56 bits per heavy atom. The molecule has 0 atom stereocenters. The van der Waals surface area contributed by atoms with Crippen molar-refractivity contribution in [1.29, 1.82) is 0 Å². The highest BCUT2D eigenvalue weighted by Gasteiger charge is 2.22. The number of rotatable bonds is 5. The fourth-order valence-electron chi connectivity index (χ4n) is 1.27. The minimum absolute atomic E-state index is 0.0886. The van der Waals surface area contributed by atoms with E-state index in [2.05, 4.69) is 20.7 Å². The van der Waals surface area contributed by atoms with Crippen molar-refractivity contribution in [2.75, 3.05) is 0 Å². The van der Waals surface area contributed by atoms with Crippen LogP contribution >= 0.6 is 15.9 Å². The Labute approximate surface area is 107 Å². The van der Waals surface area contributed by atoms with Gasteiger partial charge in [-0.2, -0.15) is 8.78 Å². The van der Waals surface area contributed by atoms with Gasteiger partial charge in [-0.25, -0.2) is 4.79 Å². The summed E-state index contributed by atoms with van der Waals surface area (Å²) in [6.07, 6.45) is 0. The quantitative estimate of drug-likeness (QED) is 0.510. The van der Waals surface area contributed by atoms with E-state index in [1.807, 2.05) is 0 Å². The molecule has 0 heterocycles. The van der Waals surface area contributed by atoms with E-state index in [0.717, 1.165) is 12.1 Å². The van der Waals surface area contributed by atoms with Gasteiger partial charge in [-0.3, -0.25) is 10.1 Å². The highest BCUT2D eigenvalue weighted by molar-refractivity contribution is 9.08. The van der Waals surface area contributed by atoms with E-state index in [9.17, 15) is 23.7 Å². The smallest absolute Gasteiger partial charge is 0.387 e. The number of ether oxygens (including phenoxy) is 1. The summed E-state index contributed by atoms with van der Waals surface area (Å²) in [5.74, 6) is -2.00. The number of hydrogen-bond acceptors (Lipinski definition) is 4. The van der Waals surface area contributed by atoms with E-state index < -0.39 is 34.5 Å². The predicted octanol–water partition coefficient (Wildman–Crippen LogP) is 2.79. The first kappa shape index (κ1) is 14.3. The average molecular weight is 326 g/mol. The minimum Gasteiger partial charge on any atom is -0.478 e. The summed E-state index contributed by atoms with van der Waals surface area (Å²) in [4.78, 5) is 20.6. The van der Waals surface area contributed by atoms with Crippen molar-refractivity contribution in [3.8, 4) is 5.75 Å². The Hall–Kier alpha value is -1.77. The molecule has 1 rings (SSSR count). The third kappa shape index (κ3) is 3.13. The summed E-state index contributed by atoms with van der Waals surface area (Å²) in [5.41, 5.74) is -1.18. The summed E-state index contributed by atoms with van der Waals surface area (Å²) in [5, 5.41) is 19.4. The molecule has 1 N–H and O–H groups in total. The lowest BCUT2D eigenvalue weighted by molar-refractivity contribution is -0.385. The zero-order valence-electron chi connectivity index (χ0n) is 8.60. The normalized spacial score (nSPS) is 10.4. The van der Waals surface area contributed by atoms with Gasteiger partial charge in [-0.05, 0) is 0 Å². The van der Waals surface area contributed by atoms with Crippen molar-refractivity contribution in [2.45, 2.75) is 11.9 Å². The molecule has 1 aromatic rings. The summed E-state index contributed by atoms with van der Waals surface area (Å²) in [7, 11) is 0. The highest BCUT2D eigenvalue weighted by atomic mass is 79.9. The number of alkyl halides is 3. The molecule has 0 radical (unpaired) electrons. The molecule has 0 saturated carbocycles. The molecule has 0 amide bonds. The van der Waals surface area contributed by atoms with E-state index in [1.165, 1.54) is 0 Å². The van der Waals surface area contributed by atoms with Crippen molar-refractivity contribution in [2.24, 2.45) is 0 Å². The first-order valence-electron chi connectivity index (χ1n) is 4.42. The number of carboxylic acids is 1. The molecule has 0 aliphatic heterocycles. The standard InChI is InChI=1S/C9H6BrF2NO5/c10-3-6-5(8(14)15)1-4(13(16)17)2-7(6)18-9(11)12/h1-2,9H,3H2,(H,14,15). The maximum absolute atomic E-state index is 12.1. The van der Waals surface area contributed by atoms with Gasteiger partial charge in [0.05, 0.1) is 16.6 Å². The molecule has 1 aromatic carbocycles. The summed E-state index contributed by atoms with van der Waals surface area (Å²) in [6.45, 7) is -3.20. The molecule has 0 saturated heterocycles. The Morgan fingerprint density at radius 2 is 2.17 bits per heavy atom. The van der Waals surface area contributed by atoms with Crippen LogP contribution in [0.2, 0.25) is 0 Å². The van der Waals surface area contributed by atoms with Crippen LogP contribution in [0.4, 0.5) is 14.5 Å². The second-order valence-corrected chi connectivity index (χ2v) is 3.61. The molecule has 0 bridgehead atoms. The van der Waals surface area contributed by atoms with Crippen LogP contribution in [-0.2, 0) is 5.33 Å². The Morgan fingerprint density at radius 1 is 1.56 bits per heavy atom. The van der Waals surface area contributed by atoms with Gasteiger partial charge in [-0.15, -0.1) is 0 Å². The molecule has 0 fully saturated rings. The van der Waals surface area contributed by atoms with Gasteiger partial charge in [0.25, 0.3) is 5.69 Å². The first-order valence-corrected chi connectivity index (χ1v) is 5.54. The number of carbonyl (C=O) groups is 1. The average Bonchev–Trinajstić information content (AvgIpc) is 2.26. The minimum atomic E-state index is -3.20. The first-order chi connectivity index (χ1) is 8.36. The summed E-state index contributed by atoms with van der Waals surface area (Å²) < 4.78 is 28.4. The largest absolute Gasteiger partial charge is 0.478 e. The number of nitro groups is 1. The van der Waals surface area contributed by atoms with Crippen molar-refractivity contribution in [3.63, 3.8) is 0 Å². The van der Waals surface area contributed by atoms with Gasteiger partial charge >= 0.3 is 12.6 Å². The number of nitro benzene ring substituents is 1. The number of halogens is 3. The van der Waals surface area contributed by atoms with Crippen LogP contribution in [0.15, 0.2) is 12.1 Å². The third-order valence-electron chi connectivity index (χ3n) is 1.98. The van der Waals surface area contributed by atoms with Crippen molar-refractivity contribution in [1.82, 2.24) is 0 Å². The molecule has 98 valence electrons. The van der Waals surface area contributed by atoms with Crippen molar-refractivity contribution >= 4 is 27.6 Å². The molecule has 0 aromatic heterocycles. The summed E-state index contributed by atoms with van der Waals surface area (Å²) >= 11 is 2.92. The monoisotopic (exact) mass is 325 g/mol. The van der Waals surface area contributed by atoms with Gasteiger partial charge in [0.15, 0.2) is 0 Å². The molecule has 0 aliphatic rings. The second kappa shape index (κ2) is 5.71. The molecule has 0 aliphatic carbocycles. The fraction of sp³-hybridized carbons (Fsp3) is 0.222. The van der Waals surface area contributed by atoms with Gasteiger partial charge in [0, 0.05) is 17.0 Å². The lowest BCUT2D eigenvalue weighted by Crippen LogP contribution is -2.09. The lowest BCUT2D eigenvalue weighted by Gasteiger charge is -2.11. The maximum atomic E-state index is 12.1. The number of nitrogens with zero attached hydrogens (tertiary/aromatic N) is 1. The van der Waals surface area contributed by atoms with Gasteiger partial charge in [-0.1, -0.05) is 15.9 Å². The molecule has 9 heteroatoms. The Bertz CT molecular complexity index is 494. The SMILES string of the molecule is O=C(O)c1cc([N+](=O)[O-])cc(OC(F)F)c1CBr. The van der Waals surface area contributed by atoms with E-state index in [0.29, 0.717) is 0 Å². The number of non-ortho nitro benzene ring substituents is 1. The van der Waals surface area contributed by atoms with E-state index in [4.69, 9.17) is 5.11 Å². The topological polar surface area (TPSA) is 89.7 Å². The lowest BCUT2D eigenvalue weighted by atomic mass is 10.1.